The molecule has 186 valence electrons. The van der Waals surface area contributed by atoms with E-state index in [1.54, 1.807) is 0 Å². The molecule has 0 aromatic rings. The third-order valence-corrected chi connectivity index (χ3v) is 11.9. The zero-order valence-electron chi connectivity index (χ0n) is 22.2. The molecule has 0 N–H and O–H groups in total. The highest BCUT2D eigenvalue weighted by atomic mass is 28.4. The molecule has 0 aliphatic carbocycles. The van der Waals surface area contributed by atoms with Crippen LogP contribution in [-0.4, -0.2) is 61.5 Å². The van der Waals surface area contributed by atoms with Gasteiger partial charge in [-0.2, -0.15) is 0 Å². The standard InChI is InChI=1S/C24H45NO6Si/c1-13-18(30-32(11,12)22(5,6)7)24(10)19(29-23(8,9)31-24)16(4)20(26)25-17(15(2)3)14-28-21(25)27/h15-19H,13-14H2,1-12H3/t16-,17+,18-,19-,24-/m0/s1. The number of cyclic esters (lactones) is 1. The van der Waals surface area contributed by atoms with E-state index in [1.165, 1.54) is 4.90 Å². The number of hydrogen-bond acceptors (Lipinski definition) is 6. The summed E-state index contributed by atoms with van der Waals surface area (Å²) < 4.78 is 24.8. The molecule has 0 saturated carbocycles. The molecule has 2 fully saturated rings. The monoisotopic (exact) mass is 471 g/mol. The van der Waals surface area contributed by atoms with Crippen LogP contribution in [0, 0.1) is 11.8 Å². The first-order valence-corrected chi connectivity index (χ1v) is 14.8. The first kappa shape index (κ1) is 27.3. The molecule has 8 heteroatoms. The Morgan fingerprint density at radius 1 is 1.22 bits per heavy atom. The zero-order valence-corrected chi connectivity index (χ0v) is 23.2. The number of hydrogen-bond donors (Lipinski definition) is 0. The summed E-state index contributed by atoms with van der Waals surface area (Å²) in [6.07, 6.45) is -0.678. The molecule has 2 saturated heterocycles. The molecule has 0 aromatic heterocycles. The molecule has 2 heterocycles. The zero-order chi connectivity index (χ0) is 24.9. The van der Waals surface area contributed by atoms with Crippen molar-refractivity contribution in [1.82, 2.24) is 4.90 Å². The van der Waals surface area contributed by atoms with Crippen LogP contribution in [0.2, 0.25) is 18.1 Å². The van der Waals surface area contributed by atoms with Crippen LogP contribution < -0.4 is 0 Å². The van der Waals surface area contributed by atoms with Crippen LogP contribution in [0.5, 0.6) is 0 Å². The predicted octanol–water partition coefficient (Wildman–Crippen LogP) is 5.34. The van der Waals surface area contributed by atoms with Crippen LogP contribution in [0.25, 0.3) is 0 Å². The normalized spacial score (nSPS) is 30.5. The van der Waals surface area contributed by atoms with Crippen molar-refractivity contribution in [3.8, 4) is 0 Å². The van der Waals surface area contributed by atoms with E-state index in [-0.39, 0.29) is 35.6 Å². The van der Waals surface area contributed by atoms with E-state index in [2.05, 4.69) is 40.8 Å². The molecular weight excluding hydrogens is 426 g/mol. The van der Waals surface area contributed by atoms with Gasteiger partial charge in [0.25, 0.3) is 0 Å². The number of carbonyl (C=O) groups excluding carboxylic acids is 2. The van der Waals surface area contributed by atoms with Gasteiger partial charge < -0.3 is 18.6 Å². The van der Waals surface area contributed by atoms with Gasteiger partial charge in [-0.05, 0) is 51.2 Å². The van der Waals surface area contributed by atoms with E-state index in [9.17, 15) is 9.59 Å². The Morgan fingerprint density at radius 2 is 1.78 bits per heavy atom. The van der Waals surface area contributed by atoms with Crippen molar-refractivity contribution in [1.29, 1.82) is 0 Å². The molecule has 0 unspecified atom stereocenters. The van der Waals surface area contributed by atoms with Gasteiger partial charge in [0.15, 0.2) is 14.1 Å². The minimum Gasteiger partial charge on any atom is -0.447 e. The SMILES string of the molecule is CC[C@H](O[Si](C)(C)C(C)(C)C)[C@]1(C)OC(C)(C)O[C@H]1[C@H](C)C(=O)N1C(=O)OC[C@@H]1C(C)C. The van der Waals surface area contributed by atoms with E-state index >= 15 is 0 Å². The summed E-state index contributed by atoms with van der Waals surface area (Å²) >= 11 is 0. The molecule has 32 heavy (non-hydrogen) atoms. The van der Waals surface area contributed by atoms with Crippen molar-refractivity contribution in [2.75, 3.05) is 6.61 Å². The maximum absolute atomic E-state index is 13.6. The molecule has 0 bridgehead atoms. The first-order chi connectivity index (χ1) is 14.4. The molecule has 0 spiro atoms. The quantitative estimate of drug-likeness (QED) is 0.467. The summed E-state index contributed by atoms with van der Waals surface area (Å²) in [5.74, 6) is -1.66. The maximum atomic E-state index is 13.6. The van der Waals surface area contributed by atoms with Crippen LogP contribution in [0.15, 0.2) is 0 Å². The third kappa shape index (κ3) is 5.08. The van der Waals surface area contributed by atoms with E-state index in [0.717, 1.165) is 6.42 Å². The number of rotatable bonds is 7. The highest BCUT2D eigenvalue weighted by molar-refractivity contribution is 6.74. The van der Waals surface area contributed by atoms with Crippen LogP contribution >= 0.6 is 0 Å². The number of ether oxygens (including phenoxy) is 3. The van der Waals surface area contributed by atoms with Crippen LogP contribution in [-0.2, 0) is 23.4 Å². The van der Waals surface area contributed by atoms with Crippen molar-refractivity contribution in [2.45, 2.75) is 123 Å². The van der Waals surface area contributed by atoms with Crippen molar-refractivity contribution >= 4 is 20.3 Å². The molecule has 2 aliphatic rings. The lowest BCUT2D eigenvalue weighted by molar-refractivity contribution is -0.177. The van der Waals surface area contributed by atoms with Gasteiger partial charge in [0.2, 0.25) is 5.91 Å². The molecule has 7 nitrogen and oxygen atoms in total. The second kappa shape index (κ2) is 9.00. The highest BCUT2D eigenvalue weighted by Gasteiger charge is 2.60. The van der Waals surface area contributed by atoms with Crippen molar-refractivity contribution < 1.29 is 28.2 Å². The summed E-state index contributed by atoms with van der Waals surface area (Å²) in [6, 6.07) is -0.274. The van der Waals surface area contributed by atoms with Crippen molar-refractivity contribution in [2.24, 2.45) is 11.8 Å². The fourth-order valence-corrected chi connectivity index (χ4v) is 6.01. The number of carbonyl (C=O) groups is 2. The lowest BCUT2D eigenvalue weighted by Crippen LogP contribution is -2.58. The van der Waals surface area contributed by atoms with Crippen molar-refractivity contribution in [3.05, 3.63) is 0 Å². The number of nitrogens with zero attached hydrogens (tertiary/aromatic N) is 1. The van der Waals surface area contributed by atoms with E-state index in [1.807, 2.05) is 41.5 Å². The summed E-state index contributed by atoms with van der Waals surface area (Å²) in [5.41, 5.74) is -0.847. The Balaban J connectivity index is 2.39. The van der Waals surface area contributed by atoms with Crippen molar-refractivity contribution in [3.63, 3.8) is 0 Å². The highest BCUT2D eigenvalue weighted by Crippen LogP contribution is 2.47. The second-order valence-corrected chi connectivity index (χ2v) is 16.6. The lowest BCUT2D eigenvalue weighted by Gasteiger charge is -2.45. The molecule has 0 radical (unpaired) electrons. The molecule has 2 aliphatic heterocycles. The summed E-state index contributed by atoms with van der Waals surface area (Å²) in [7, 11) is -2.11. The Bertz CT molecular complexity index is 716. The lowest BCUT2D eigenvalue weighted by atomic mass is 9.83. The van der Waals surface area contributed by atoms with Gasteiger partial charge in [0.05, 0.1) is 18.1 Å². The summed E-state index contributed by atoms with van der Waals surface area (Å²) in [6.45, 7) is 24.9. The maximum Gasteiger partial charge on any atom is 0.416 e. The van der Waals surface area contributed by atoms with Gasteiger partial charge in [-0.25, -0.2) is 9.69 Å². The summed E-state index contributed by atoms with van der Waals surface area (Å²) in [5, 5.41) is 0.0342. The van der Waals surface area contributed by atoms with Gasteiger partial charge in [0.1, 0.15) is 18.3 Å². The first-order valence-electron chi connectivity index (χ1n) is 11.9. The molecular formula is C24H45NO6Si. The Hall–Kier alpha value is -0.963. The fourth-order valence-electron chi connectivity index (χ4n) is 4.55. The van der Waals surface area contributed by atoms with Gasteiger partial charge in [-0.15, -0.1) is 0 Å². The van der Waals surface area contributed by atoms with Gasteiger partial charge in [0, 0.05) is 0 Å². The fraction of sp³-hybridized carbons (Fsp3) is 0.917. The van der Waals surface area contributed by atoms with Crippen LogP contribution in [0.3, 0.4) is 0 Å². The number of imide groups is 1. The van der Waals surface area contributed by atoms with Gasteiger partial charge in [-0.3, -0.25) is 4.79 Å². The average molecular weight is 472 g/mol. The van der Waals surface area contributed by atoms with E-state index < -0.39 is 37.8 Å². The smallest absolute Gasteiger partial charge is 0.416 e. The minimum absolute atomic E-state index is 0.0342. The van der Waals surface area contributed by atoms with Gasteiger partial charge in [-0.1, -0.05) is 48.5 Å². The predicted molar refractivity (Wildman–Crippen MR) is 127 cm³/mol. The topological polar surface area (TPSA) is 74.3 Å². The van der Waals surface area contributed by atoms with Gasteiger partial charge >= 0.3 is 6.09 Å². The van der Waals surface area contributed by atoms with E-state index in [0.29, 0.717) is 0 Å². The van der Waals surface area contributed by atoms with E-state index in [4.69, 9.17) is 18.6 Å². The summed E-state index contributed by atoms with van der Waals surface area (Å²) in [4.78, 5) is 27.3. The Kier molecular flexibility index (Phi) is 7.68. The minimum atomic E-state index is -2.11. The molecule has 2 amide bonds. The average Bonchev–Trinajstić information content (AvgIpc) is 3.14. The third-order valence-electron chi connectivity index (χ3n) is 7.45. The van der Waals surface area contributed by atoms with Crippen LogP contribution in [0.1, 0.15) is 75.7 Å². The second-order valence-electron chi connectivity index (χ2n) is 11.9. The largest absolute Gasteiger partial charge is 0.447 e. The molecule has 5 atom stereocenters. The molecule has 0 aromatic carbocycles. The molecule has 2 rings (SSSR count). The number of amides is 2. The van der Waals surface area contributed by atoms with Crippen LogP contribution in [0.4, 0.5) is 4.79 Å². The Morgan fingerprint density at radius 3 is 2.25 bits per heavy atom. The Labute approximate surface area is 195 Å².